The summed E-state index contributed by atoms with van der Waals surface area (Å²) in [6.45, 7) is -0.392. The molecule has 22 heavy (non-hydrogen) atoms. The number of aldehydes is 1. The molecule has 1 saturated heterocycles. The maximum atomic E-state index is 12.0. The standard InChI is InChI=1S/C12H18Br2N2O6/c1-15-12(21)16(3-6(4-17)10(20)11(13)14)9-2-7(19)8(5-18)22-9/h3-4,7-11,18-20H,2,5H2,1H3,(H,15,21)/b6-3+/t7-,8+,9+,10?/m0/s1. The number of carbonyl (C=O) groups is 2. The van der Waals surface area contributed by atoms with Gasteiger partial charge in [0.2, 0.25) is 0 Å². The molecule has 0 radical (unpaired) electrons. The van der Waals surface area contributed by atoms with E-state index in [4.69, 9.17) is 9.84 Å². The highest BCUT2D eigenvalue weighted by atomic mass is 79.9. The van der Waals surface area contributed by atoms with Crippen LogP contribution in [0.25, 0.3) is 0 Å². The van der Waals surface area contributed by atoms with Crippen LogP contribution in [-0.4, -0.2) is 74.5 Å². The number of halogens is 2. The minimum Gasteiger partial charge on any atom is -0.394 e. The van der Waals surface area contributed by atoms with Crippen LogP contribution in [0.5, 0.6) is 0 Å². The van der Waals surface area contributed by atoms with Crippen LogP contribution < -0.4 is 5.32 Å². The summed E-state index contributed by atoms with van der Waals surface area (Å²) < 4.78 is 4.81. The Bertz CT molecular complexity index is 434. The minimum atomic E-state index is -1.19. The van der Waals surface area contributed by atoms with Crippen LogP contribution in [0.2, 0.25) is 0 Å². The third-order valence-electron chi connectivity index (χ3n) is 3.15. The van der Waals surface area contributed by atoms with E-state index in [2.05, 4.69) is 37.2 Å². The van der Waals surface area contributed by atoms with E-state index in [1.165, 1.54) is 7.05 Å². The number of nitrogens with one attached hydrogen (secondary N) is 1. The molecule has 10 heteroatoms. The first-order valence-electron chi connectivity index (χ1n) is 6.43. The molecule has 1 rings (SSSR count). The summed E-state index contributed by atoms with van der Waals surface area (Å²) in [4.78, 5) is 24.2. The number of urea groups is 1. The molecule has 0 aromatic heterocycles. The van der Waals surface area contributed by atoms with E-state index in [-0.39, 0.29) is 12.0 Å². The topological polar surface area (TPSA) is 119 Å². The van der Waals surface area contributed by atoms with E-state index in [1.807, 2.05) is 0 Å². The number of aliphatic hydroxyl groups is 3. The van der Waals surface area contributed by atoms with Gasteiger partial charge in [-0.25, -0.2) is 4.79 Å². The molecule has 1 fully saturated rings. The molecule has 0 aromatic rings. The number of amides is 2. The number of nitrogens with zero attached hydrogens (tertiary/aromatic N) is 1. The van der Waals surface area contributed by atoms with Crippen LogP contribution in [0.3, 0.4) is 0 Å². The van der Waals surface area contributed by atoms with Gasteiger partial charge in [0.15, 0.2) is 0 Å². The van der Waals surface area contributed by atoms with Crippen LogP contribution >= 0.6 is 31.9 Å². The highest BCUT2D eigenvalue weighted by Crippen LogP contribution is 2.25. The Morgan fingerprint density at radius 1 is 1.55 bits per heavy atom. The highest BCUT2D eigenvalue weighted by Gasteiger charge is 2.38. The van der Waals surface area contributed by atoms with Crippen molar-refractivity contribution in [1.82, 2.24) is 10.2 Å². The first-order valence-corrected chi connectivity index (χ1v) is 8.26. The minimum absolute atomic E-state index is 0.0621. The fraction of sp³-hybridized carbons (Fsp3) is 0.667. The van der Waals surface area contributed by atoms with Gasteiger partial charge in [0, 0.05) is 25.2 Å². The lowest BCUT2D eigenvalue weighted by atomic mass is 10.1. The van der Waals surface area contributed by atoms with Gasteiger partial charge >= 0.3 is 6.03 Å². The Morgan fingerprint density at radius 3 is 2.59 bits per heavy atom. The first-order chi connectivity index (χ1) is 10.3. The SMILES string of the molecule is CNC(=O)N(/C=C(\C=O)C(O)C(Br)Br)[C@H]1C[C@H](O)[C@@H](CO)O1. The van der Waals surface area contributed by atoms with Crippen LogP contribution in [0.4, 0.5) is 4.79 Å². The Morgan fingerprint density at radius 2 is 2.18 bits per heavy atom. The van der Waals surface area contributed by atoms with Gasteiger partial charge in [-0.3, -0.25) is 9.69 Å². The third kappa shape index (κ3) is 4.74. The van der Waals surface area contributed by atoms with E-state index in [0.29, 0.717) is 6.29 Å². The van der Waals surface area contributed by atoms with E-state index >= 15 is 0 Å². The van der Waals surface area contributed by atoms with Gasteiger partial charge in [0.25, 0.3) is 0 Å². The number of alkyl halides is 2. The molecule has 8 nitrogen and oxygen atoms in total. The molecule has 1 unspecified atom stereocenters. The zero-order valence-corrected chi connectivity index (χ0v) is 14.9. The lowest BCUT2D eigenvalue weighted by Gasteiger charge is -2.26. The van der Waals surface area contributed by atoms with Crippen LogP contribution in [0, 0.1) is 0 Å². The molecule has 126 valence electrons. The Labute approximate surface area is 144 Å². The summed E-state index contributed by atoms with van der Waals surface area (Å²) in [6.07, 6.45) is -2.14. The number of carbonyl (C=O) groups excluding carboxylic acids is 2. The molecular weight excluding hydrogens is 428 g/mol. The zero-order valence-electron chi connectivity index (χ0n) is 11.7. The van der Waals surface area contributed by atoms with Gasteiger partial charge in [-0.15, -0.1) is 0 Å². The maximum Gasteiger partial charge on any atom is 0.323 e. The molecular formula is C12H18Br2N2O6. The highest BCUT2D eigenvalue weighted by molar-refractivity contribution is 9.24. The van der Waals surface area contributed by atoms with Crippen molar-refractivity contribution in [3.63, 3.8) is 0 Å². The number of hydrogen-bond donors (Lipinski definition) is 4. The van der Waals surface area contributed by atoms with Gasteiger partial charge in [-0.2, -0.15) is 0 Å². The fourth-order valence-electron chi connectivity index (χ4n) is 1.93. The molecule has 0 bridgehead atoms. The normalized spacial score (nSPS) is 26.9. The second-order valence-corrected chi connectivity index (χ2v) is 7.81. The van der Waals surface area contributed by atoms with Crippen molar-refractivity contribution < 1.29 is 29.6 Å². The van der Waals surface area contributed by atoms with Gasteiger partial charge in [-0.1, -0.05) is 31.9 Å². The average molecular weight is 446 g/mol. The number of aliphatic hydroxyl groups excluding tert-OH is 3. The summed E-state index contributed by atoms with van der Waals surface area (Å²) in [7, 11) is 1.40. The Balaban J connectivity index is 3.03. The molecule has 4 N–H and O–H groups in total. The first kappa shape index (κ1) is 19.5. The van der Waals surface area contributed by atoms with Crippen molar-refractivity contribution in [1.29, 1.82) is 0 Å². The van der Waals surface area contributed by atoms with Crippen LogP contribution in [0.1, 0.15) is 6.42 Å². The summed E-state index contributed by atoms with van der Waals surface area (Å²) in [5, 5.41) is 31.1. The molecule has 1 aliphatic heterocycles. The maximum absolute atomic E-state index is 12.0. The molecule has 0 spiro atoms. The molecule has 0 saturated carbocycles. The quantitative estimate of drug-likeness (QED) is 0.252. The molecule has 1 heterocycles. The largest absolute Gasteiger partial charge is 0.394 e. The van der Waals surface area contributed by atoms with E-state index in [1.54, 1.807) is 0 Å². The third-order valence-corrected chi connectivity index (χ3v) is 4.15. The van der Waals surface area contributed by atoms with Crippen molar-refractivity contribution in [2.24, 2.45) is 0 Å². The van der Waals surface area contributed by atoms with E-state index < -0.39 is 40.9 Å². The second-order valence-electron chi connectivity index (χ2n) is 4.60. The van der Waals surface area contributed by atoms with E-state index in [9.17, 15) is 19.8 Å². The monoisotopic (exact) mass is 444 g/mol. The lowest BCUT2D eigenvalue weighted by molar-refractivity contribution is -0.105. The van der Waals surface area contributed by atoms with Gasteiger partial charge < -0.3 is 25.4 Å². The van der Waals surface area contributed by atoms with Crippen molar-refractivity contribution in [2.75, 3.05) is 13.7 Å². The molecule has 0 aliphatic carbocycles. The summed E-state index contributed by atoms with van der Waals surface area (Å²) in [5.74, 6) is 0. The molecule has 1 aliphatic rings. The Kier molecular flexibility index (Phi) is 7.94. The smallest absolute Gasteiger partial charge is 0.323 e. The van der Waals surface area contributed by atoms with Crippen molar-refractivity contribution in [3.05, 3.63) is 11.8 Å². The predicted molar refractivity (Wildman–Crippen MR) is 84.5 cm³/mol. The summed E-state index contributed by atoms with van der Waals surface area (Å²) in [5.41, 5.74) is -0.0621. The second kappa shape index (κ2) is 8.94. The molecule has 4 atom stereocenters. The number of ether oxygens (including phenoxy) is 1. The van der Waals surface area contributed by atoms with Crippen molar-refractivity contribution in [2.45, 2.75) is 34.7 Å². The Hall–Kier alpha value is -0.520. The molecule has 0 aromatic carbocycles. The van der Waals surface area contributed by atoms with Crippen molar-refractivity contribution in [3.8, 4) is 0 Å². The van der Waals surface area contributed by atoms with E-state index in [0.717, 1.165) is 11.1 Å². The summed E-state index contributed by atoms with van der Waals surface area (Å²) >= 11 is 6.17. The lowest BCUT2D eigenvalue weighted by Crippen LogP contribution is -2.42. The van der Waals surface area contributed by atoms with Gasteiger partial charge in [0.05, 0.1) is 16.4 Å². The number of hydrogen-bond acceptors (Lipinski definition) is 6. The predicted octanol–water partition coefficient (Wildman–Crippen LogP) is -0.344. The summed E-state index contributed by atoms with van der Waals surface area (Å²) in [6, 6.07) is -0.581. The zero-order chi connectivity index (χ0) is 16.9. The van der Waals surface area contributed by atoms with Gasteiger partial charge in [0.1, 0.15) is 24.7 Å². The van der Waals surface area contributed by atoms with Crippen molar-refractivity contribution >= 4 is 44.2 Å². The fourth-order valence-corrected chi connectivity index (χ4v) is 2.54. The average Bonchev–Trinajstić information content (AvgIpc) is 2.87. The van der Waals surface area contributed by atoms with Gasteiger partial charge in [-0.05, 0) is 0 Å². The van der Waals surface area contributed by atoms with Crippen LogP contribution in [-0.2, 0) is 9.53 Å². The number of rotatable bonds is 6. The van der Waals surface area contributed by atoms with Crippen LogP contribution in [0.15, 0.2) is 11.8 Å². The molecule has 2 amide bonds.